The minimum absolute atomic E-state index is 0.0996. The van der Waals surface area contributed by atoms with Gasteiger partial charge in [-0.2, -0.15) is 0 Å². The van der Waals surface area contributed by atoms with Crippen LogP contribution in [0.1, 0.15) is 5.82 Å². The van der Waals surface area contributed by atoms with Crippen molar-refractivity contribution >= 4 is 29.1 Å². The van der Waals surface area contributed by atoms with Crippen LogP contribution < -0.4 is 10.6 Å². The van der Waals surface area contributed by atoms with Crippen molar-refractivity contribution in [2.75, 3.05) is 11.9 Å². The van der Waals surface area contributed by atoms with Crippen LogP contribution in [-0.4, -0.2) is 27.1 Å². The minimum atomic E-state index is -0.506. The van der Waals surface area contributed by atoms with E-state index in [0.29, 0.717) is 16.5 Å². The molecule has 1 aromatic carbocycles. The number of halogens is 1. The first-order chi connectivity index (χ1) is 10.5. The van der Waals surface area contributed by atoms with Gasteiger partial charge >= 0.3 is 11.8 Å². The largest absolute Gasteiger partial charge is 0.358 e. The Morgan fingerprint density at radius 3 is 2.73 bits per heavy atom. The molecule has 0 radical (unpaired) electrons. The molecule has 1 heterocycles. The van der Waals surface area contributed by atoms with Crippen LogP contribution in [0.4, 0.5) is 16.3 Å². The Labute approximate surface area is 131 Å². The molecular formula is C13H14ClN5O3. The summed E-state index contributed by atoms with van der Waals surface area (Å²) in [6.07, 6.45) is 1.20. The Bertz CT molecular complexity index is 683. The molecule has 0 unspecified atom stereocenters. The summed E-state index contributed by atoms with van der Waals surface area (Å²) in [5.41, 5.74) is 0.603. The van der Waals surface area contributed by atoms with E-state index in [0.717, 1.165) is 0 Å². The second-order valence-corrected chi connectivity index (χ2v) is 4.90. The van der Waals surface area contributed by atoms with Gasteiger partial charge in [0.15, 0.2) is 5.82 Å². The molecule has 0 spiro atoms. The number of aromatic nitrogens is 2. The van der Waals surface area contributed by atoms with E-state index in [1.165, 1.54) is 10.8 Å². The molecule has 0 saturated carbocycles. The number of urea groups is 1. The molecule has 2 rings (SSSR count). The van der Waals surface area contributed by atoms with E-state index >= 15 is 0 Å². The van der Waals surface area contributed by atoms with Crippen molar-refractivity contribution in [1.29, 1.82) is 0 Å². The molecule has 0 aliphatic carbocycles. The fourth-order valence-electron chi connectivity index (χ4n) is 1.87. The Morgan fingerprint density at radius 1 is 1.41 bits per heavy atom. The molecule has 8 nitrogen and oxygen atoms in total. The fourth-order valence-corrected chi connectivity index (χ4v) is 1.99. The minimum Gasteiger partial charge on any atom is -0.358 e. The van der Waals surface area contributed by atoms with E-state index < -0.39 is 11.0 Å². The van der Waals surface area contributed by atoms with Gasteiger partial charge in [0.1, 0.15) is 12.7 Å². The molecule has 0 aliphatic heterocycles. The number of imidazole rings is 1. The van der Waals surface area contributed by atoms with Gasteiger partial charge in [0.05, 0.1) is 6.54 Å². The second kappa shape index (κ2) is 6.90. The highest BCUT2D eigenvalue weighted by Crippen LogP contribution is 2.14. The van der Waals surface area contributed by atoms with E-state index in [2.05, 4.69) is 15.6 Å². The number of nitro groups is 1. The first-order valence-corrected chi connectivity index (χ1v) is 6.82. The molecule has 0 bridgehead atoms. The molecule has 0 atom stereocenters. The lowest BCUT2D eigenvalue weighted by Gasteiger charge is -2.07. The topological polar surface area (TPSA) is 102 Å². The first kappa shape index (κ1) is 15.8. The van der Waals surface area contributed by atoms with Gasteiger partial charge in [0, 0.05) is 17.6 Å². The number of anilines is 1. The molecule has 0 aliphatic rings. The van der Waals surface area contributed by atoms with Crippen molar-refractivity contribution in [3.05, 3.63) is 51.4 Å². The zero-order valence-electron chi connectivity index (χ0n) is 11.7. The average molecular weight is 324 g/mol. The summed E-state index contributed by atoms with van der Waals surface area (Å²) in [7, 11) is 0. The maximum Gasteiger partial charge on any atom is 0.342 e. The summed E-state index contributed by atoms with van der Waals surface area (Å²) in [4.78, 5) is 25.9. The van der Waals surface area contributed by atoms with Crippen LogP contribution in [0.3, 0.4) is 0 Å². The summed E-state index contributed by atoms with van der Waals surface area (Å²) >= 11 is 5.75. The maximum absolute atomic E-state index is 11.7. The number of rotatable bonds is 5. The highest BCUT2D eigenvalue weighted by molar-refractivity contribution is 6.30. The third kappa shape index (κ3) is 3.95. The molecule has 1 aromatic heterocycles. The summed E-state index contributed by atoms with van der Waals surface area (Å²) in [5.74, 6) is 0.420. The predicted octanol–water partition coefficient (Wildman–Crippen LogP) is 2.57. The van der Waals surface area contributed by atoms with Gasteiger partial charge in [-0.3, -0.25) is 0 Å². The summed E-state index contributed by atoms with van der Waals surface area (Å²) in [5, 5.41) is 16.7. The monoisotopic (exact) mass is 323 g/mol. The van der Waals surface area contributed by atoms with Gasteiger partial charge in [-0.25, -0.2) is 14.3 Å². The van der Waals surface area contributed by atoms with Crippen LogP contribution in [-0.2, 0) is 6.54 Å². The summed E-state index contributed by atoms with van der Waals surface area (Å²) < 4.78 is 1.43. The number of nitrogens with zero attached hydrogens (tertiary/aromatic N) is 3. The van der Waals surface area contributed by atoms with E-state index in [1.807, 2.05) is 0 Å². The van der Waals surface area contributed by atoms with E-state index in [4.69, 9.17) is 11.6 Å². The lowest BCUT2D eigenvalue weighted by atomic mass is 10.3. The lowest BCUT2D eigenvalue weighted by molar-refractivity contribution is -0.392. The van der Waals surface area contributed by atoms with Crippen LogP contribution in [0.2, 0.25) is 5.02 Å². The molecule has 0 saturated heterocycles. The van der Waals surface area contributed by atoms with E-state index in [-0.39, 0.29) is 18.9 Å². The van der Waals surface area contributed by atoms with Crippen molar-refractivity contribution in [3.63, 3.8) is 0 Å². The summed E-state index contributed by atoms with van der Waals surface area (Å²) in [6, 6.07) is 6.27. The van der Waals surface area contributed by atoms with Crippen molar-refractivity contribution in [3.8, 4) is 0 Å². The zero-order valence-corrected chi connectivity index (χ0v) is 12.5. The Hall–Kier alpha value is -2.61. The highest BCUT2D eigenvalue weighted by atomic mass is 35.5. The predicted molar refractivity (Wildman–Crippen MR) is 82.1 cm³/mol. The second-order valence-electron chi connectivity index (χ2n) is 4.46. The Balaban J connectivity index is 1.86. The van der Waals surface area contributed by atoms with Crippen LogP contribution >= 0.6 is 11.6 Å². The Kier molecular flexibility index (Phi) is 4.95. The summed E-state index contributed by atoms with van der Waals surface area (Å²) in [6.45, 7) is 2.16. The van der Waals surface area contributed by atoms with E-state index in [9.17, 15) is 14.9 Å². The van der Waals surface area contributed by atoms with Crippen molar-refractivity contribution in [1.82, 2.24) is 14.9 Å². The number of benzene rings is 1. The van der Waals surface area contributed by atoms with Crippen LogP contribution in [0.25, 0.3) is 0 Å². The standard InChI is InChI=1S/C13H14ClN5O3/c1-9-16-8-12(19(21)22)18(9)7-6-15-13(20)17-11-4-2-10(14)3-5-11/h2-5,8H,6-7H2,1H3,(H2,15,17,20). The SMILES string of the molecule is Cc1ncc([N+](=O)[O-])n1CCNC(=O)Nc1ccc(Cl)cc1. The van der Waals surface area contributed by atoms with Crippen LogP contribution in [0, 0.1) is 17.0 Å². The van der Waals surface area contributed by atoms with Crippen molar-refractivity contribution in [2.24, 2.45) is 0 Å². The number of carbonyl (C=O) groups is 1. The van der Waals surface area contributed by atoms with Gasteiger partial charge in [-0.1, -0.05) is 11.6 Å². The Morgan fingerprint density at radius 2 is 2.09 bits per heavy atom. The smallest absolute Gasteiger partial charge is 0.342 e. The molecule has 2 amide bonds. The third-order valence-electron chi connectivity index (χ3n) is 2.94. The molecule has 0 fully saturated rings. The van der Waals surface area contributed by atoms with Crippen LogP contribution in [0.5, 0.6) is 0 Å². The molecule has 116 valence electrons. The van der Waals surface area contributed by atoms with Crippen molar-refractivity contribution < 1.29 is 9.72 Å². The number of nitrogens with one attached hydrogen (secondary N) is 2. The third-order valence-corrected chi connectivity index (χ3v) is 3.20. The molecule has 9 heteroatoms. The van der Waals surface area contributed by atoms with Gasteiger partial charge < -0.3 is 20.7 Å². The molecule has 2 N–H and O–H groups in total. The average Bonchev–Trinajstić information content (AvgIpc) is 2.83. The molecular weight excluding hydrogens is 310 g/mol. The number of hydrogen-bond donors (Lipinski definition) is 2. The van der Waals surface area contributed by atoms with Crippen LogP contribution in [0.15, 0.2) is 30.5 Å². The van der Waals surface area contributed by atoms with E-state index in [1.54, 1.807) is 31.2 Å². The first-order valence-electron chi connectivity index (χ1n) is 6.44. The lowest BCUT2D eigenvalue weighted by Crippen LogP contribution is -2.31. The van der Waals surface area contributed by atoms with Gasteiger partial charge in [-0.05, 0) is 29.2 Å². The maximum atomic E-state index is 11.7. The van der Waals surface area contributed by atoms with Crippen molar-refractivity contribution in [2.45, 2.75) is 13.5 Å². The number of carbonyl (C=O) groups excluding carboxylic acids is 1. The van der Waals surface area contributed by atoms with Gasteiger partial charge in [-0.15, -0.1) is 0 Å². The number of amides is 2. The fraction of sp³-hybridized carbons (Fsp3) is 0.231. The normalized spacial score (nSPS) is 10.3. The number of aryl methyl sites for hydroxylation is 1. The van der Waals surface area contributed by atoms with Gasteiger partial charge in [0.2, 0.25) is 0 Å². The molecule has 22 heavy (non-hydrogen) atoms. The highest BCUT2D eigenvalue weighted by Gasteiger charge is 2.16. The number of hydrogen-bond acceptors (Lipinski definition) is 4. The quantitative estimate of drug-likeness (QED) is 0.652. The molecule has 2 aromatic rings. The zero-order chi connectivity index (χ0) is 16.1. The van der Waals surface area contributed by atoms with Gasteiger partial charge in [0.25, 0.3) is 0 Å².